The number of benzene rings is 1. The monoisotopic (exact) mass is 263 g/mol. The second-order valence-corrected chi connectivity index (χ2v) is 4.61. The molecule has 0 amide bonds. The zero-order chi connectivity index (χ0) is 13.7. The van der Waals surface area contributed by atoms with Gasteiger partial charge in [0.25, 0.3) is 0 Å². The van der Waals surface area contributed by atoms with Gasteiger partial charge < -0.3 is 15.0 Å². The highest BCUT2D eigenvalue weighted by Gasteiger charge is 2.13. The normalized spacial score (nSPS) is 14.3. The molecule has 1 heterocycles. The molecule has 2 rings (SSSR count). The highest BCUT2D eigenvalue weighted by atomic mass is 19.1. The first-order valence-electron chi connectivity index (χ1n) is 6.28. The molecule has 0 aliphatic heterocycles. The Hall–Kier alpha value is -1.72. The van der Waals surface area contributed by atoms with Gasteiger partial charge in [-0.2, -0.15) is 0 Å². The van der Waals surface area contributed by atoms with Gasteiger partial charge in [-0.3, -0.25) is 0 Å². The van der Waals surface area contributed by atoms with Crippen molar-refractivity contribution < 1.29 is 9.50 Å². The number of halogens is 1. The third-order valence-electron chi connectivity index (χ3n) is 2.97. The van der Waals surface area contributed by atoms with E-state index < -0.39 is 6.10 Å². The molecule has 2 atom stereocenters. The molecular weight excluding hydrogens is 245 g/mol. The molecule has 19 heavy (non-hydrogen) atoms. The van der Waals surface area contributed by atoms with Crippen LogP contribution in [0.5, 0.6) is 0 Å². The summed E-state index contributed by atoms with van der Waals surface area (Å²) in [4.78, 5) is 3.97. The maximum Gasteiger partial charge on any atom is 0.129 e. The minimum atomic E-state index is -0.841. The van der Waals surface area contributed by atoms with Gasteiger partial charge in [-0.15, -0.1) is 0 Å². The van der Waals surface area contributed by atoms with Crippen molar-refractivity contribution in [3.05, 3.63) is 54.4 Å². The van der Waals surface area contributed by atoms with E-state index in [1.807, 2.05) is 17.7 Å². The quantitative estimate of drug-likeness (QED) is 0.834. The van der Waals surface area contributed by atoms with Gasteiger partial charge in [0.05, 0.1) is 12.4 Å². The van der Waals surface area contributed by atoms with Crippen molar-refractivity contribution in [2.45, 2.75) is 25.6 Å². The zero-order valence-electron chi connectivity index (χ0n) is 10.8. The molecule has 4 nitrogen and oxygen atoms in total. The molecule has 2 unspecified atom stereocenters. The van der Waals surface area contributed by atoms with Gasteiger partial charge >= 0.3 is 0 Å². The van der Waals surface area contributed by atoms with Crippen LogP contribution in [0.1, 0.15) is 18.6 Å². The lowest BCUT2D eigenvalue weighted by molar-refractivity contribution is 0.165. The van der Waals surface area contributed by atoms with E-state index in [9.17, 15) is 9.50 Å². The predicted octanol–water partition coefficient (Wildman–Crippen LogP) is 1.73. The summed E-state index contributed by atoms with van der Waals surface area (Å²) in [6, 6.07) is 6.45. The van der Waals surface area contributed by atoms with Crippen LogP contribution in [0.15, 0.2) is 43.0 Å². The van der Waals surface area contributed by atoms with E-state index in [1.54, 1.807) is 30.7 Å². The van der Waals surface area contributed by atoms with Crippen molar-refractivity contribution in [1.29, 1.82) is 0 Å². The first kappa shape index (κ1) is 13.7. The summed E-state index contributed by atoms with van der Waals surface area (Å²) in [6.45, 7) is 3.08. The first-order valence-corrected chi connectivity index (χ1v) is 6.28. The van der Waals surface area contributed by atoms with Crippen molar-refractivity contribution in [2.24, 2.45) is 0 Å². The molecule has 1 aromatic carbocycles. The molecule has 0 saturated heterocycles. The number of imidazole rings is 1. The molecule has 5 heteroatoms. The van der Waals surface area contributed by atoms with E-state index in [-0.39, 0.29) is 11.9 Å². The van der Waals surface area contributed by atoms with E-state index in [0.717, 1.165) is 6.54 Å². The molecule has 0 fully saturated rings. The van der Waals surface area contributed by atoms with Gasteiger partial charge in [0, 0.05) is 37.1 Å². The summed E-state index contributed by atoms with van der Waals surface area (Å²) < 4.78 is 15.4. The van der Waals surface area contributed by atoms with Crippen LogP contribution >= 0.6 is 0 Å². The number of nitrogens with one attached hydrogen (secondary N) is 1. The van der Waals surface area contributed by atoms with Crippen molar-refractivity contribution in [1.82, 2.24) is 14.9 Å². The minimum absolute atomic E-state index is 0.163. The Balaban J connectivity index is 1.83. The fraction of sp³-hybridized carbons (Fsp3) is 0.357. The molecular formula is C14H18FN3O. The van der Waals surface area contributed by atoms with Crippen molar-refractivity contribution >= 4 is 0 Å². The summed E-state index contributed by atoms with van der Waals surface area (Å²) in [6.07, 6.45) is 4.50. The molecule has 0 aliphatic rings. The highest BCUT2D eigenvalue weighted by Crippen LogP contribution is 2.15. The van der Waals surface area contributed by atoms with Gasteiger partial charge in [-0.1, -0.05) is 18.2 Å². The van der Waals surface area contributed by atoms with Gasteiger partial charge in [0.2, 0.25) is 0 Å². The molecule has 0 radical (unpaired) electrons. The third-order valence-corrected chi connectivity index (χ3v) is 2.97. The summed E-state index contributed by atoms with van der Waals surface area (Å²) in [5.74, 6) is -0.376. The van der Waals surface area contributed by atoms with Crippen molar-refractivity contribution in [3.8, 4) is 0 Å². The molecule has 0 bridgehead atoms. The molecule has 2 aromatic rings. The number of hydrogen-bond acceptors (Lipinski definition) is 3. The van der Waals surface area contributed by atoms with Crippen LogP contribution in [-0.2, 0) is 6.54 Å². The molecule has 102 valence electrons. The standard InChI is InChI=1S/C14H18FN3O/c1-11(9-18-7-6-16-10-18)17-8-14(19)12-4-2-3-5-13(12)15/h2-7,10-11,14,17,19H,8-9H2,1H3. The summed E-state index contributed by atoms with van der Waals surface area (Å²) >= 11 is 0. The topological polar surface area (TPSA) is 50.1 Å². The van der Waals surface area contributed by atoms with Crippen LogP contribution in [0.4, 0.5) is 4.39 Å². The number of aliphatic hydroxyl groups is 1. The number of rotatable bonds is 6. The van der Waals surface area contributed by atoms with E-state index in [0.29, 0.717) is 12.1 Å². The first-order chi connectivity index (χ1) is 9.16. The van der Waals surface area contributed by atoms with Crippen molar-refractivity contribution in [3.63, 3.8) is 0 Å². The highest BCUT2D eigenvalue weighted by molar-refractivity contribution is 5.19. The Labute approximate surface area is 111 Å². The van der Waals surface area contributed by atoms with Gasteiger partial charge in [-0.25, -0.2) is 9.37 Å². The number of hydrogen-bond donors (Lipinski definition) is 2. The van der Waals surface area contributed by atoms with Crippen LogP contribution < -0.4 is 5.32 Å². The van der Waals surface area contributed by atoms with E-state index in [4.69, 9.17) is 0 Å². The SMILES string of the molecule is CC(Cn1ccnc1)NCC(O)c1ccccc1F. The summed E-state index contributed by atoms with van der Waals surface area (Å²) in [5.41, 5.74) is 0.324. The van der Waals surface area contributed by atoms with E-state index >= 15 is 0 Å². The van der Waals surface area contributed by atoms with E-state index in [2.05, 4.69) is 10.3 Å². The molecule has 1 aromatic heterocycles. The fourth-order valence-electron chi connectivity index (χ4n) is 1.94. The van der Waals surface area contributed by atoms with Crippen LogP contribution in [0.25, 0.3) is 0 Å². The van der Waals surface area contributed by atoms with Crippen LogP contribution in [-0.4, -0.2) is 27.2 Å². The second kappa shape index (κ2) is 6.45. The minimum Gasteiger partial charge on any atom is -0.387 e. The Morgan fingerprint density at radius 3 is 2.89 bits per heavy atom. The Morgan fingerprint density at radius 1 is 1.42 bits per heavy atom. The van der Waals surface area contributed by atoms with E-state index in [1.165, 1.54) is 6.07 Å². The Kier molecular flexibility index (Phi) is 4.65. The molecule has 0 aliphatic carbocycles. The number of aliphatic hydroxyl groups excluding tert-OH is 1. The van der Waals surface area contributed by atoms with Gasteiger partial charge in [-0.05, 0) is 13.0 Å². The second-order valence-electron chi connectivity index (χ2n) is 4.61. The van der Waals surface area contributed by atoms with Crippen LogP contribution in [0.2, 0.25) is 0 Å². The largest absolute Gasteiger partial charge is 0.387 e. The summed E-state index contributed by atoms with van der Waals surface area (Å²) in [5, 5.41) is 13.1. The van der Waals surface area contributed by atoms with Gasteiger partial charge in [0.1, 0.15) is 5.82 Å². The lowest BCUT2D eigenvalue weighted by atomic mass is 10.1. The van der Waals surface area contributed by atoms with Crippen LogP contribution in [0, 0.1) is 5.82 Å². The average Bonchev–Trinajstić information content (AvgIpc) is 2.89. The molecule has 0 saturated carbocycles. The maximum atomic E-state index is 13.5. The third kappa shape index (κ3) is 3.87. The smallest absolute Gasteiger partial charge is 0.129 e. The fourth-order valence-corrected chi connectivity index (χ4v) is 1.94. The number of aromatic nitrogens is 2. The molecule has 0 spiro atoms. The summed E-state index contributed by atoms with van der Waals surface area (Å²) in [7, 11) is 0. The zero-order valence-corrected chi connectivity index (χ0v) is 10.8. The average molecular weight is 263 g/mol. The Bertz CT molecular complexity index is 501. The van der Waals surface area contributed by atoms with Gasteiger partial charge in [0.15, 0.2) is 0 Å². The molecule has 2 N–H and O–H groups in total. The predicted molar refractivity (Wildman–Crippen MR) is 71.1 cm³/mol. The lowest BCUT2D eigenvalue weighted by Crippen LogP contribution is -2.33. The van der Waals surface area contributed by atoms with Crippen LogP contribution in [0.3, 0.4) is 0 Å². The lowest BCUT2D eigenvalue weighted by Gasteiger charge is -2.18. The number of nitrogens with zero attached hydrogens (tertiary/aromatic N) is 2. The Morgan fingerprint density at radius 2 is 2.21 bits per heavy atom. The van der Waals surface area contributed by atoms with Crippen molar-refractivity contribution in [2.75, 3.05) is 6.54 Å². The maximum absolute atomic E-state index is 13.5.